The number of fused-ring (bicyclic) bond motifs is 6. The molecular formula is C75H97Cl2F9N12O8. The second-order valence-corrected chi connectivity index (χ2v) is 30.1. The van der Waals surface area contributed by atoms with E-state index in [0.29, 0.717) is 131 Å². The quantitative estimate of drug-likeness (QED) is 0.101. The molecule has 9 heterocycles. The van der Waals surface area contributed by atoms with Gasteiger partial charge in [-0.2, -0.15) is 64.4 Å². The SMILES string of the molecule is C.C.CC(C)(C)OC(=O)N1CCc2c(C(=O)N3C[C@H]4CC(c5ccccc5C(F)(F)F)C[C@H]4C3)n[nH]c2C1.CC(C)(C)OC(=O)N1CCc2cn[nH]c2C1.Cl.Cl.FC(F)(F)c1ccccc1C1C[C@H]2CNC[C@H]2C1.O=C(c1n[nH]c2c1CCNC2)N1C[C@H]2CC(c3ccccc3C(F)(F)F)C[C@H]2C1.O=C=O. The number of hydrogen-bond donors (Lipinski definition) is 5. The fourth-order valence-corrected chi connectivity index (χ4v) is 16.6. The van der Waals surface area contributed by atoms with Crippen LogP contribution in [-0.2, 0) is 76.5 Å². The lowest BCUT2D eigenvalue weighted by Gasteiger charge is -2.30. The number of H-pyrrole nitrogens is 3. The molecule has 582 valence electrons. The number of carbonyl (C=O) groups excluding carboxylic acids is 6. The second kappa shape index (κ2) is 34.9. The van der Waals surface area contributed by atoms with Gasteiger partial charge in [0.15, 0.2) is 11.4 Å². The van der Waals surface area contributed by atoms with Gasteiger partial charge in [0.25, 0.3) is 11.8 Å². The first-order chi connectivity index (χ1) is 48.2. The number of halogens is 11. The Bertz CT molecular complexity index is 3970. The first-order valence-corrected chi connectivity index (χ1v) is 34.8. The number of nitrogens with one attached hydrogen (secondary N) is 5. The van der Waals surface area contributed by atoms with Crippen molar-refractivity contribution < 1.29 is 77.8 Å². The van der Waals surface area contributed by atoms with Crippen molar-refractivity contribution in [3.8, 4) is 0 Å². The molecule has 3 aliphatic carbocycles. The lowest BCUT2D eigenvalue weighted by molar-refractivity contribution is -0.191. The van der Waals surface area contributed by atoms with Gasteiger partial charge in [-0.1, -0.05) is 69.5 Å². The minimum Gasteiger partial charge on any atom is -0.444 e. The summed E-state index contributed by atoms with van der Waals surface area (Å²) < 4.78 is 130. The van der Waals surface area contributed by atoms with Crippen LogP contribution < -0.4 is 10.6 Å². The Morgan fingerprint density at radius 2 is 0.830 bits per heavy atom. The highest BCUT2D eigenvalue weighted by Gasteiger charge is 2.49. The van der Waals surface area contributed by atoms with Crippen LogP contribution in [0, 0.1) is 35.5 Å². The van der Waals surface area contributed by atoms with Crippen molar-refractivity contribution in [1.82, 2.24) is 60.8 Å². The second-order valence-electron chi connectivity index (χ2n) is 30.1. The van der Waals surface area contributed by atoms with E-state index in [1.54, 1.807) is 51.1 Å². The topological polar surface area (TPSA) is 244 Å². The summed E-state index contributed by atoms with van der Waals surface area (Å²) in [5, 5.41) is 27.9. The number of amides is 4. The summed E-state index contributed by atoms with van der Waals surface area (Å²) in [7, 11) is 0. The van der Waals surface area contributed by atoms with Gasteiger partial charge in [-0.3, -0.25) is 24.9 Å². The van der Waals surface area contributed by atoms with Crippen molar-refractivity contribution in [3.05, 3.63) is 158 Å². The van der Waals surface area contributed by atoms with Gasteiger partial charge in [0.1, 0.15) is 11.2 Å². The lowest BCUT2D eigenvalue weighted by atomic mass is 9.91. The summed E-state index contributed by atoms with van der Waals surface area (Å²) in [6.07, 6.45) is -4.91. The monoisotopic (exact) mass is 1530 g/mol. The van der Waals surface area contributed by atoms with Crippen molar-refractivity contribution in [2.75, 3.05) is 58.9 Å². The van der Waals surface area contributed by atoms with Crippen LogP contribution in [-0.4, -0.2) is 150 Å². The Hall–Kier alpha value is -7.98. The van der Waals surface area contributed by atoms with Crippen molar-refractivity contribution in [2.24, 2.45) is 35.5 Å². The Balaban J connectivity index is 0.000000201. The third-order valence-corrected chi connectivity index (χ3v) is 21.1. The van der Waals surface area contributed by atoms with Gasteiger partial charge >= 0.3 is 36.9 Å². The van der Waals surface area contributed by atoms with Crippen LogP contribution in [0.5, 0.6) is 0 Å². The van der Waals surface area contributed by atoms with E-state index in [-0.39, 0.29) is 105 Å². The molecule has 15 rings (SSSR count). The number of rotatable bonds is 5. The number of alkyl halides is 9. The van der Waals surface area contributed by atoms with Crippen molar-refractivity contribution >= 4 is 55.0 Å². The molecule has 6 aromatic rings. The molecule has 3 saturated heterocycles. The van der Waals surface area contributed by atoms with E-state index in [2.05, 4.69) is 41.2 Å². The molecule has 106 heavy (non-hydrogen) atoms. The van der Waals surface area contributed by atoms with Crippen LogP contribution in [0.25, 0.3) is 0 Å². The molecule has 3 aromatic carbocycles. The number of carbonyl (C=O) groups is 4. The molecule has 0 bridgehead atoms. The summed E-state index contributed by atoms with van der Waals surface area (Å²) in [6, 6.07) is 17.8. The third-order valence-electron chi connectivity index (χ3n) is 21.1. The summed E-state index contributed by atoms with van der Waals surface area (Å²) in [5.41, 5.74) is 5.38. The first-order valence-electron chi connectivity index (χ1n) is 34.8. The molecular weight excluding hydrogens is 1440 g/mol. The van der Waals surface area contributed by atoms with Crippen molar-refractivity contribution in [2.45, 2.75) is 181 Å². The highest BCUT2D eigenvalue weighted by Crippen LogP contribution is 2.52. The van der Waals surface area contributed by atoms with E-state index in [0.717, 1.165) is 79.6 Å². The smallest absolute Gasteiger partial charge is 0.416 e. The van der Waals surface area contributed by atoms with Gasteiger partial charge in [0, 0.05) is 56.9 Å². The number of likely N-dealkylation sites (tertiary alicyclic amines) is 2. The number of hydrogen-bond acceptors (Lipinski definition) is 13. The molecule has 0 spiro atoms. The summed E-state index contributed by atoms with van der Waals surface area (Å²) >= 11 is 0. The van der Waals surface area contributed by atoms with Gasteiger partial charge < -0.3 is 39.7 Å². The van der Waals surface area contributed by atoms with Crippen LogP contribution in [0.15, 0.2) is 79.0 Å². The minimum atomic E-state index is -4.37. The van der Waals surface area contributed by atoms with E-state index in [9.17, 15) is 58.7 Å². The Labute approximate surface area is 624 Å². The van der Waals surface area contributed by atoms with Crippen LogP contribution >= 0.6 is 24.8 Å². The van der Waals surface area contributed by atoms with E-state index in [1.807, 2.05) is 52.6 Å². The van der Waals surface area contributed by atoms with Gasteiger partial charge in [-0.25, -0.2) is 9.59 Å². The normalized spacial score (nSPS) is 23.2. The number of aromatic nitrogens is 6. The Kier molecular flexibility index (Phi) is 28.1. The predicted molar refractivity (Wildman–Crippen MR) is 381 cm³/mol. The van der Waals surface area contributed by atoms with Gasteiger partial charge in [-0.05, 0) is 213 Å². The van der Waals surface area contributed by atoms with E-state index >= 15 is 0 Å². The Morgan fingerprint density at radius 3 is 1.23 bits per heavy atom. The van der Waals surface area contributed by atoms with Gasteiger partial charge in [0.05, 0.1) is 53.1 Å². The minimum absolute atomic E-state index is 0. The largest absolute Gasteiger partial charge is 0.444 e. The summed E-state index contributed by atoms with van der Waals surface area (Å²) in [4.78, 5) is 73.8. The number of benzene rings is 3. The fraction of sp³-hybridized carbons (Fsp3) is 0.573. The van der Waals surface area contributed by atoms with Crippen LogP contribution in [0.1, 0.15) is 201 Å². The molecule has 3 saturated carbocycles. The summed E-state index contributed by atoms with van der Waals surface area (Å²) in [5.74, 6) is 1.63. The molecule has 31 heteroatoms. The van der Waals surface area contributed by atoms with Crippen LogP contribution in [0.4, 0.5) is 49.1 Å². The Morgan fingerprint density at radius 1 is 0.472 bits per heavy atom. The highest BCUT2D eigenvalue weighted by molar-refractivity contribution is 5.95. The standard InChI is InChI=1S/C26H31F3N4O3.C21H23F3N4O.C14H16F3N.C11H17N3O2.CO2.2CH4.2ClH/c1-25(2,3)36-24(35)32-9-8-19-21(14-32)30-31-22(19)23(34)33-12-16-10-15(11-17(16)13-33)18-6-4-5-7-20(18)26(27,28)29;22-21(23,24)17-4-2-1-3-15(17)12-7-13-10-28(11-14(13)8-12)20(29)19-16-5-6-25-9-18(16)26-27-19;15-14(16,17)13-4-2-1-3-12(13)9-5-10-7-18-8-11(10)6-9;1-11(2,3)16-10(15)14-5-4-8-6-12-13-9(8)7-14;2-1-3;;;;/h4-7,15-17H,8-14H2,1-3H3,(H,30,31);1-4,12-14,25H,5-11H2,(H,26,27);1-4,9-11,18H,5-8H2;6H,4-5,7H2,1-3H3,(H,12,13);;2*1H4;2*1H/t15?,16-,17+;12?,13-,14+;9?,10-,11+;;;;;;. The highest BCUT2D eigenvalue weighted by atomic mass is 35.5. The zero-order valence-corrected chi connectivity index (χ0v) is 60.3. The van der Waals surface area contributed by atoms with Crippen molar-refractivity contribution in [1.29, 1.82) is 0 Å². The maximum atomic E-state index is 13.5. The molecule has 6 fully saturated rings. The molecule has 20 nitrogen and oxygen atoms in total. The van der Waals surface area contributed by atoms with Gasteiger partial charge in [-0.15, -0.1) is 24.8 Å². The maximum absolute atomic E-state index is 13.5. The average molecular weight is 1540 g/mol. The molecule has 5 N–H and O–H groups in total. The molecule has 3 aromatic heterocycles. The third kappa shape index (κ3) is 20.0. The average Bonchev–Trinajstić information content (AvgIpc) is 1.48. The van der Waals surface area contributed by atoms with E-state index in [4.69, 9.17) is 19.1 Å². The molecule has 9 atom stereocenters. The molecule has 4 amide bonds. The lowest BCUT2D eigenvalue weighted by Crippen LogP contribution is -2.40. The predicted octanol–water partition coefficient (Wildman–Crippen LogP) is 15.0. The zero-order chi connectivity index (χ0) is 73.2. The summed E-state index contributed by atoms with van der Waals surface area (Å²) in [6.45, 7) is 18.8. The van der Waals surface area contributed by atoms with E-state index < -0.39 is 52.5 Å². The number of ether oxygens (including phenoxy) is 2. The van der Waals surface area contributed by atoms with Crippen LogP contribution in [0.3, 0.4) is 0 Å². The van der Waals surface area contributed by atoms with Crippen LogP contribution in [0.2, 0.25) is 0 Å². The number of aromatic amines is 3. The first kappa shape index (κ1) is 85.3. The van der Waals surface area contributed by atoms with Gasteiger partial charge in [0.2, 0.25) is 0 Å². The van der Waals surface area contributed by atoms with E-state index in [1.165, 1.54) is 35.9 Å². The molecule has 3 unspecified atom stereocenters. The fourth-order valence-electron chi connectivity index (χ4n) is 16.6. The number of nitrogens with zero attached hydrogens (tertiary/aromatic N) is 7. The molecule has 6 aliphatic heterocycles. The molecule has 0 radical (unpaired) electrons. The maximum Gasteiger partial charge on any atom is 0.416 e. The zero-order valence-electron chi connectivity index (χ0n) is 58.7. The molecule has 9 aliphatic rings. The van der Waals surface area contributed by atoms with Crippen molar-refractivity contribution in [3.63, 3.8) is 0 Å².